The van der Waals surface area contributed by atoms with Crippen molar-refractivity contribution in [1.29, 1.82) is 0 Å². The fraction of sp³-hybridized carbons (Fsp3) is 0.105. The summed E-state index contributed by atoms with van der Waals surface area (Å²) in [7, 11) is 0. The second-order valence-electron chi connectivity index (χ2n) is 5.85. The molecule has 0 fully saturated rings. The second-order valence-corrected chi connectivity index (χ2v) is 5.85. The zero-order valence-corrected chi connectivity index (χ0v) is 13.3. The van der Waals surface area contributed by atoms with E-state index in [0.717, 1.165) is 16.8 Å². The third kappa shape index (κ3) is 3.01. The van der Waals surface area contributed by atoms with Gasteiger partial charge in [0.15, 0.2) is 0 Å². The lowest BCUT2D eigenvalue weighted by molar-refractivity contribution is -0.116. The van der Waals surface area contributed by atoms with Crippen molar-refractivity contribution in [3.8, 4) is 0 Å². The van der Waals surface area contributed by atoms with E-state index >= 15 is 0 Å². The number of fused-ring (bicyclic) bond motifs is 1. The Morgan fingerprint density at radius 3 is 2.72 bits per heavy atom. The molecule has 0 radical (unpaired) electrons. The molecule has 6 heteroatoms. The number of anilines is 1. The lowest BCUT2D eigenvalue weighted by Gasteiger charge is -2.22. The van der Waals surface area contributed by atoms with Gasteiger partial charge < -0.3 is 15.5 Å². The van der Waals surface area contributed by atoms with Gasteiger partial charge in [0, 0.05) is 12.1 Å². The summed E-state index contributed by atoms with van der Waals surface area (Å²) in [6.07, 6.45) is 2.04. The van der Waals surface area contributed by atoms with Gasteiger partial charge in [-0.1, -0.05) is 48.5 Å². The fourth-order valence-electron chi connectivity index (χ4n) is 2.91. The maximum atomic E-state index is 12.0. The topological polar surface area (TPSA) is 94.0 Å². The minimum absolute atomic E-state index is 0.0729. The third-order valence-electron chi connectivity index (χ3n) is 4.11. The van der Waals surface area contributed by atoms with Crippen molar-refractivity contribution in [3.63, 3.8) is 0 Å². The molecule has 1 atom stereocenters. The summed E-state index contributed by atoms with van der Waals surface area (Å²) in [5.41, 5.74) is 9.15. The largest absolute Gasteiger partial charge is 0.419 e. The Kier molecular flexibility index (Phi) is 3.78. The maximum absolute atomic E-state index is 12.0. The van der Waals surface area contributed by atoms with E-state index in [1.165, 1.54) is 0 Å². The molecule has 3 N–H and O–H groups in total. The standard InChI is InChI=1S/C19H16N4O2/c20-15(10-12-6-2-1-3-7-12)19-23-22-18(25-19)14-11-17(24)21-16-9-5-4-8-13(14)16/h1-10,14H,11,20H2,(H,21,24)/b15-10+. The molecule has 1 aliphatic heterocycles. The van der Waals surface area contributed by atoms with E-state index in [0.29, 0.717) is 11.6 Å². The number of nitrogens with one attached hydrogen (secondary N) is 1. The molecule has 1 aliphatic rings. The van der Waals surface area contributed by atoms with E-state index in [4.69, 9.17) is 10.2 Å². The molecule has 25 heavy (non-hydrogen) atoms. The van der Waals surface area contributed by atoms with Crippen LogP contribution in [-0.2, 0) is 4.79 Å². The molecule has 0 saturated carbocycles. The molecule has 4 rings (SSSR count). The van der Waals surface area contributed by atoms with E-state index in [1.807, 2.05) is 54.6 Å². The number of rotatable bonds is 3. The van der Waals surface area contributed by atoms with Gasteiger partial charge in [0.25, 0.3) is 5.89 Å². The summed E-state index contributed by atoms with van der Waals surface area (Å²) in [5.74, 6) is 0.302. The third-order valence-corrected chi connectivity index (χ3v) is 4.11. The first-order valence-electron chi connectivity index (χ1n) is 7.95. The molecular formula is C19H16N4O2. The van der Waals surface area contributed by atoms with Crippen LogP contribution in [0.4, 0.5) is 5.69 Å². The van der Waals surface area contributed by atoms with Crippen molar-refractivity contribution >= 4 is 23.4 Å². The van der Waals surface area contributed by atoms with Gasteiger partial charge in [-0.25, -0.2) is 0 Å². The van der Waals surface area contributed by atoms with Gasteiger partial charge in [0.05, 0.1) is 11.6 Å². The molecule has 3 aromatic rings. The van der Waals surface area contributed by atoms with Gasteiger partial charge in [0.2, 0.25) is 11.8 Å². The second kappa shape index (κ2) is 6.24. The first-order chi connectivity index (χ1) is 12.2. The molecule has 124 valence electrons. The van der Waals surface area contributed by atoms with Crippen LogP contribution in [0.25, 0.3) is 11.8 Å². The summed E-state index contributed by atoms with van der Waals surface area (Å²) in [6, 6.07) is 17.3. The Balaban J connectivity index is 1.66. The van der Waals surface area contributed by atoms with Crippen LogP contribution < -0.4 is 11.1 Å². The highest BCUT2D eigenvalue weighted by molar-refractivity contribution is 5.95. The van der Waals surface area contributed by atoms with Crippen LogP contribution in [0.15, 0.2) is 59.0 Å². The molecule has 0 spiro atoms. The normalized spacial score (nSPS) is 17.0. The quantitative estimate of drug-likeness (QED) is 0.769. The van der Waals surface area contributed by atoms with Gasteiger partial charge >= 0.3 is 0 Å². The Hall–Kier alpha value is -3.41. The molecule has 2 aromatic carbocycles. The smallest absolute Gasteiger partial charge is 0.263 e. The Morgan fingerprint density at radius 1 is 1.12 bits per heavy atom. The number of para-hydroxylation sites is 1. The average Bonchev–Trinajstić information content (AvgIpc) is 3.12. The molecule has 2 heterocycles. The molecular weight excluding hydrogens is 316 g/mol. The molecule has 0 bridgehead atoms. The zero-order valence-electron chi connectivity index (χ0n) is 13.3. The number of hydrogen-bond acceptors (Lipinski definition) is 5. The van der Waals surface area contributed by atoms with Crippen molar-refractivity contribution in [2.75, 3.05) is 5.32 Å². The Morgan fingerprint density at radius 2 is 1.88 bits per heavy atom. The number of nitrogens with zero attached hydrogens (tertiary/aromatic N) is 2. The van der Waals surface area contributed by atoms with Gasteiger partial charge in [-0.2, -0.15) is 0 Å². The number of nitrogens with two attached hydrogens (primary N) is 1. The lowest BCUT2D eigenvalue weighted by atomic mass is 9.90. The van der Waals surface area contributed by atoms with Gasteiger partial charge in [-0.05, 0) is 23.3 Å². The van der Waals surface area contributed by atoms with Crippen LogP contribution in [0.2, 0.25) is 0 Å². The first kappa shape index (κ1) is 15.1. The highest BCUT2D eigenvalue weighted by atomic mass is 16.4. The summed E-state index contributed by atoms with van der Waals surface area (Å²) >= 11 is 0. The predicted octanol–water partition coefficient (Wildman–Crippen LogP) is 3.00. The number of amides is 1. The van der Waals surface area contributed by atoms with Crippen molar-refractivity contribution in [3.05, 3.63) is 77.5 Å². The van der Waals surface area contributed by atoms with E-state index in [1.54, 1.807) is 6.08 Å². The number of hydrogen-bond donors (Lipinski definition) is 2. The van der Waals surface area contributed by atoms with E-state index < -0.39 is 0 Å². The molecule has 1 amide bonds. The van der Waals surface area contributed by atoms with E-state index in [9.17, 15) is 4.79 Å². The van der Waals surface area contributed by atoms with E-state index in [2.05, 4.69) is 15.5 Å². The van der Waals surface area contributed by atoms with Gasteiger partial charge in [-0.15, -0.1) is 10.2 Å². The van der Waals surface area contributed by atoms with Crippen LogP contribution >= 0.6 is 0 Å². The van der Waals surface area contributed by atoms with Crippen LogP contribution in [-0.4, -0.2) is 16.1 Å². The highest BCUT2D eigenvalue weighted by Gasteiger charge is 2.30. The summed E-state index contributed by atoms with van der Waals surface area (Å²) in [6.45, 7) is 0. The molecule has 0 aliphatic carbocycles. The lowest BCUT2D eigenvalue weighted by Crippen LogP contribution is -2.23. The van der Waals surface area contributed by atoms with Crippen LogP contribution in [0.5, 0.6) is 0 Å². The minimum Gasteiger partial charge on any atom is -0.419 e. The van der Waals surface area contributed by atoms with Crippen LogP contribution in [0, 0.1) is 0 Å². The molecule has 1 aromatic heterocycles. The monoisotopic (exact) mass is 332 g/mol. The van der Waals surface area contributed by atoms with Gasteiger partial charge in [-0.3, -0.25) is 4.79 Å². The fourth-order valence-corrected chi connectivity index (χ4v) is 2.91. The van der Waals surface area contributed by atoms with E-state index in [-0.39, 0.29) is 24.1 Å². The molecule has 0 saturated heterocycles. The molecule has 1 unspecified atom stereocenters. The van der Waals surface area contributed by atoms with Crippen LogP contribution in [0.3, 0.4) is 0 Å². The van der Waals surface area contributed by atoms with Gasteiger partial charge in [0.1, 0.15) is 0 Å². The van der Waals surface area contributed by atoms with Crippen molar-refractivity contribution < 1.29 is 9.21 Å². The number of aromatic nitrogens is 2. The SMILES string of the molecule is N/C(=C/c1ccccc1)c1nnc(C2CC(=O)Nc3ccccc32)o1. The summed E-state index contributed by atoms with van der Waals surface area (Å²) < 4.78 is 5.77. The first-order valence-corrected chi connectivity index (χ1v) is 7.95. The number of carbonyl (C=O) groups is 1. The summed E-state index contributed by atoms with van der Waals surface area (Å²) in [4.78, 5) is 12.0. The summed E-state index contributed by atoms with van der Waals surface area (Å²) in [5, 5.41) is 11.0. The maximum Gasteiger partial charge on any atom is 0.263 e. The average molecular weight is 332 g/mol. The zero-order chi connectivity index (χ0) is 17.2. The number of benzene rings is 2. The number of carbonyl (C=O) groups excluding carboxylic acids is 1. The van der Waals surface area contributed by atoms with Crippen molar-refractivity contribution in [2.45, 2.75) is 12.3 Å². The van der Waals surface area contributed by atoms with Crippen molar-refractivity contribution in [2.24, 2.45) is 5.73 Å². The molecule has 6 nitrogen and oxygen atoms in total. The predicted molar refractivity (Wildman–Crippen MR) is 94.3 cm³/mol. The van der Waals surface area contributed by atoms with Crippen LogP contribution in [0.1, 0.15) is 35.2 Å². The van der Waals surface area contributed by atoms with Crippen molar-refractivity contribution in [1.82, 2.24) is 10.2 Å². The highest BCUT2D eigenvalue weighted by Crippen LogP contribution is 2.36. The Labute approximate surface area is 144 Å². The minimum atomic E-state index is -0.268. The Bertz CT molecular complexity index is 947.